The Bertz CT molecular complexity index is 1340. The van der Waals surface area contributed by atoms with E-state index in [9.17, 15) is 0 Å². The molecular weight excluding hydrogens is 455 g/mol. The van der Waals surface area contributed by atoms with E-state index in [0.29, 0.717) is 5.56 Å². The van der Waals surface area contributed by atoms with Crippen LogP contribution in [0.3, 0.4) is 0 Å². The van der Waals surface area contributed by atoms with E-state index in [4.69, 9.17) is 4.11 Å². The van der Waals surface area contributed by atoms with Crippen molar-refractivity contribution in [3.63, 3.8) is 0 Å². The average molecular weight is 491 g/mol. The first-order chi connectivity index (χ1) is 15.7. The van der Waals surface area contributed by atoms with E-state index in [0.717, 1.165) is 27.0 Å². The molecule has 0 aliphatic heterocycles. The van der Waals surface area contributed by atoms with E-state index in [1.54, 1.807) is 17.5 Å². The summed E-state index contributed by atoms with van der Waals surface area (Å²) < 4.78 is 24.4. The number of thiophene rings is 1. The molecule has 0 aliphatic rings. The summed E-state index contributed by atoms with van der Waals surface area (Å²) in [7, 11) is 0. The van der Waals surface area contributed by atoms with Gasteiger partial charge in [-0.1, -0.05) is 6.07 Å². The third-order valence-electron chi connectivity index (χ3n) is 5.50. The number of hydrogen-bond acceptors (Lipinski definition) is 2. The van der Waals surface area contributed by atoms with Gasteiger partial charge in [0.05, 0.1) is 0 Å². The van der Waals surface area contributed by atoms with Crippen LogP contribution in [-0.2, 0) is 10.7 Å². The summed E-state index contributed by atoms with van der Waals surface area (Å²) in [5, 5.41) is 3.56. The number of pyridine rings is 1. The van der Waals surface area contributed by atoms with Crippen LogP contribution < -0.4 is 0 Å². The molecule has 0 fully saturated rings. The van der Waals surface area contributed by atoms with E-state index in [1.165, 1.54) is 21.2 Å². The molecular formula is C28H33GeNS. The molecule has 2 aromatic heterocycles. The van der Waals surface area contributed by atoms with E-state index in [2.05, 4.69) is 91.6 Å². The topological polar surface area (TPSA) is 12.9 Å². The monoisotopic (exact) mass is 492 g/mol. The Morgan fingerprint density at radius 2 is 1.77 bits per heavy atom. The molecule has 0 aliphatic carbocycles. The fourth-order valence-corrected chi connectivity index (χ4v) is 10.1. The van der Waals surface area contributed by atoms with E-state index < -0.39 is 20.1 Å². The maximum atomic E-state index is 8.12. The molecule has 0 saturated heterocycles. The normalized spacial score (nSPS) is 14.3. The number of benzene rings is 2. The van der Waals surface area contributed by atoms with Gasteiger partial charge >= 0.3 is 192 Å². The quantitative estimate of drug-likeness (QED) is 0.261. The van der Waals surface area contributed by atoms with Crippen molar-refractivity contribution in [3.8, 4) is 21.7 Å². The summed E-state index contributed by atoms with van der Waals surface area (Å²) >= 11 is -0.0395. The molecule has 3 heteroatoms. The zero-order valence-electron chi connectivity index (χ0n) is 22.3. The van der Waals surface area contributed by atoms with Crippen LogP contribution in [0.25, 0.3) is 32.5 Å². The number of fused-ring (bicyclic) bond motifs is 1. The molecule has 160 valence electrons. The Labute approximate surface area is 198 Å². The van der Waals surface area contributed by atoms with Crippen LogP contribution in [0.1, 0.15) is 40.9 Å². The molecule has 4 aromatic rings. The molecule has 1 nitrogen and oxygen atoms in total. The summed E-state index contributed by atoms with van der Waals surface area (Å²) in [5.74, 6) is 7.22. The molecule has 2 aromatic carbocycles. The van der Waals surface area contributed by atoms with Crippen molar-refractivity contribution in [1.82, 2.24) is 4.98 Å². The standard InChI is InChI=1S/C28H33GeNS/c1-19-18-30-26(16-24(19)27-13-12-22(31-27)17-29(5,6)7)21-14-20-10-8-9-11-23(20)25(15-21)28(2,3)4/h8-16,18H,17H2,1-7H3/i1D3. The van der Waals surface area contributed by atoms with Crippen LogP contribution in [-0.4, -0.2) is 18.3 Å². The second-order valence-electron chi connectivity index (χ2n) is 10.6. The Balaban J connectivity index is 1.89. The first-order valence-corrected chi connectivity index (χ1v) is 19.5. The second kappa shape index (κ2) is 8.22. The first kappa shape index (κ1) is 18.6. The molecule has 4 rings (SSSR count). The Morgan fingerprint density at radius 1 is 1.00 bits per heavy atom. The molecule has 0 amide bonds. The summed E-state index contributed by atoms with van der Waals surface area (Å²) in [6, 6.07) is 19.1. The predicted octanol–water partition coefficient (Wildman–Crippen LogP) is 8.66. The molecule has 31 heavy (non-hydrogen) atoms. The fourth-order valence-electron chi connectivity index (χ4n) is 4.04. The number of rotatable bonds is 4. The minimum absolute atomic E-state index is 0.0298. The van der Waals surface area contributed by atoms with Gasteiger partial charge in [0.1, 0.15) is 0 Å². The number of hydrogen-bond donors (Lipinski definition) is 0. The van der Waals surface area contributed by atoms with Gasteiger partial charge in [-0.3, -0.25) is 0 Å². The van der Waals surface area contributed by atoms with Crippen molar-refractivity contribution >= 4 is 35.4 Å². The van der Waals surface area contributed by atoms with Crippen molar-refractivity contribution in [2.45, 2.75) is 55.6 Å². The maximum absolute atomic E-state index is 8.12. The average Bonchev–Trinajstić information content (AvgIpc) is 3.17. The number of nitrogens with zero attached hydrogens (tertiary/aromatic N) is 1. The van der Waals surface area contributed by atoms with Gasteiger partial charge in [-0.25, -0.2) is 0 Å². The van der Waals surface area contributed by atoms with Crippen LogP contribution in [0.4, 0.5) is 0 Å². The van der Waals surface area contributed by atoms with Gasteiger partial charge < -0.3 is 0 Å². The van der Waals surface area contributed by atoms with Gasteiger partial charge in [-0.05, 0) is 0 Å². The van der Waals surface area contributed by atoms with Gasteiger partial charge in [0, 0.05) is 0 Å². The van der Waals surface area contributed by atoms with Crippen LogP contribution in [0.5, 0.6) is 0 Å². The SMILES string of the molecule is [2H]C([2H])([2H])c1cnc(-c2cc(C(C)(C)C)c3ccccc3c2)cc1-c1ccc([CH2][Ge]([CH3])([CH3])[CH3])s1. The van der Waals surface area contributed by atoms with Gasteiger partial charge in [-0.2, -0.15) is 0 Å². The fraction of sp³-hybridized carbons (Fsp3) is 0.321. The molecule has 0 unspecified atom stereocenters. The van der Waals surface area contributed by atoms with Gasteiger partial charge in [0.15, 0.2) is 0 Å². The van der Waals surface area contributed by atoms with Crippen molar-refractivity contribution in [2.24, 2.45) is 0 Å². The molecule has 0 saturated carbocycles. The molecule has 0 radical (unpaired) electrons. The van der Waals surface area contributed by atoms with E-state index >= 15 is 0 Å². The summed E-state index contributed by atoms with van der Waals surface area (Å²) in [4.78, 5) is 7.00. The molecule has 0 N–H and O–H groups in total. The molecule has 0 atom stereocenters. The number of aryl methyl sites for hydroxylation is 1. The van der Waals surface area contributed by atoms with Crippen LogP contribution >= 0.6 is 11.3 Å². The van der Waals surface area contributed by atoms with Gasteiger partial charge in [0.25, 0.3) is 0 Å². The molecule has 0 spiro atoms. The predicted molar refractivity (Wildman–Crippen MR) is 141 cm³/mol. The van der Waals surface area contributed by atoms with Gasteiger partial charge in [0.2, 0.25) is 0 Å². The Kier molecular flexibility index (Phi) is 4.94. The zero-order valence-corrected chi connectivity index (χ0v) is 22.3. The molecule has 0 bridgehead atoms. The number of aromatic nitrogens is 1. The third-order valence-corrected chi connectivity index (χ3v) is 10.2. The third kappa shape index (κ3) is 4.96. The van der Waals surface area contributed by atoms with Crippen molar-refractivity contribution in [1.29, 1.82) is 0 Å². The van der Waals surface area contributed by atoms with Crippen molar-refractivity contribution in [3.05, 3.63) is 76.8 Å². The molecule has 2 heterocycles. The Hall–Kier alpha value is -1.91. The van der Waals surface area contributed by atoms with Gasteiger partial charge in [-0.15, -0.1) is 0 Å². The van der Waals surface area contributed by atoms with Crippen LogP contribution in [0.2, 0.25) is 17.3 Å². The Morgan fingerprint density at radius 3 is 2.48 bits per heavy atom. The minimum atomic E-state index is -2.22. The van der Waals surface area contributed by atoms with E-state index in [-0.39, 0.29) is 5.41 Å². The summed E-state index contributed by atoms with van der Waals surface area (Å²) in [5.41, 5.74) is 4.15. The van der Waals surface area contributed by atoms with E-state index in [1.807, 2.05) is 6.07 Å². The van der Waals surface area contributed by atoms with Crippen molar-refractivity contribution in [2.75, 3.05) is 0 Å². The summed E-state index contributed by atoms with van der Waals surface area (Å²) in [6.45, 7) is 4.46. The van der Waals surface area contributed by atoms with Crippen molar-refractivity contribution < 1.29 is 4.11 Å². The summed E-state index contributed by atoms with van der Waals surface area (Å²) in [6.07, 6.45) is 1.56. The van der Waals surface area contributed by atoms with Crippen LogP contribution in [0, 0.1) is 6.85 Å². The first-order valence-electron chi connectivity index (χ1n) is 12.4. The van der Waals surface area contributed by atoms with Crippen LogP contribution in [0.15, 0.2) is 60.8 Å². The second-order valence-corrected chi connectivity index (χ2v) is 23.3. The zero-order chi connectivity index (χ0) is 24.9.